The van der Waals surface area contributed by atoms with Gasteiger partial charge in [0.1, 0.15) is 10.7 Å². The van der Waals surface area contributed by atoms with Crippen LogP contribution in [0.2, 0.25) is 10.0 Å². The number of amides is 1. The Morgan fingerprint density at radius 3 is 2.56 bits per heavy atom. The van der Waals surface area contributed by atoms with Crippen LogP contribution in [0.15, 0.2) is 74.9 Å². The van der Waals surface area contributed by atoms with Gasteiger partial charge in [0.15, 0.2) is 0 Å². The number of carbonyl (C=O) groups excluding carboxylic acids is 2. The van der Waals surface area contributed by atoms with Crippen LogP contribution in [-0.4, -0.2) is 38.7 Å². The third kappa shape index (κ3) is 4.88. The van der Waals surface area contributed by atoms with Gasteiger partial charge >= 0.3 is 0 Å². The standard InChI is InChI=1S/C26H22Cl2N2O4S2/c27-20-2-1-3-22(23(20)28)36-24-21(34-16-31)14-26(29-25(24)32,18-8-13-35-15-18)17-4-6-19(7-5-17)30-9-11-33-12-10-30/h1-8,13,15-16H,9-12,14H2,(H,29,32). The van der Waals surface area contributed by atoms with E-state index in [-0.39, 0.29) is 23.0 Å². The molecule has 1 atom stereocenters. The summed E-state index contributed by atoms with van der Waals surface area (Å²) < 4.78 is 10.9. The number of thiophene rings is 1. The van der Waals surface area contributed by atoms with Crippen LogP contribution in [0.4, 0.5) is 5.69 Å². The topological polar surface area (TPSA) is 67.9 Å². The highest BCUT2D eigenvalue weighted by atomic mass is 35.5. The molecule has 6 nitrogen and oxygen atoms in total. The molecule has 0 bridgehead atoms. The van der Waals surface area contributed by atoms with E-state index < -0.39 is 5.54 Å². The van der Waals surface area contributed by atoms with Crippen LogP contribution >= 0.6 is 46.3 Å². The van der Waals surface area contributed by atoms with Crippen LogP contribution in [-0.2, 0) is 24.6 Å². The van der Waals surface area contributed by atoms with Crippen molar-refractivity contribution in [2.24, 2.45) is 0 Å². The molecule has 2 aliphatic rings. The summed E-state index contributed by atoms with van der Waals surface area (Å²) in [4.78, 5) is 28.2. The lowest BCUT2D eigenvalue weighted by atomic mass is 9.79. The van der Waals surface area contributed by atoms with Crippen LogP contribution in [0.25, 0.3) is 0 Å². The Hall–Kier alpha value is -2.49. The molecule has 1 saturated heterocycles. The first-order valence-electron chi connectivity index (χ1n) is 11.3. The van der Waals surface area contributed by atoms with E-state index in [1.165, 1.54) is 11.3 Å². The summed E-state index contributed by atoms with van der Waals surface area (Å²) >= 11 is 15.2. The lowest BCUT2D eigenvalue weighted by Gasteiger charge is -2.39. The van der Waals surface area contributed by atoms with Crippen molar-refractivity contribution in [1.82, 2.24) is 5.32 Å². The van der Waals surface area contributed by atoms with E-state index in [1.54, 1.807) is 18.2 Å². The molecule has 0 spiro atoms. The normalized spacial score (nSPS) is 20.3. The molecular weight excluding hydrogens is 539 g/mol. The number of nitrogens with zero attached hydrogens (tertiary/aromatic N) is 1. The van der Waals surface area contributed by atoms with E-state index >= 15 is 0 Å². The fourth-order valence-electron chi connectivity index (χ4n) is 4.47. The van der Waals surface area contributed by atoms with Gasteiger partial charge in [-0.2, -0.15) is 11.3 Å². The molecule has 3 aromatic rings. The molecule has 5 rings (SSSR count). The zero-order chi connectivity index (χ0) is 25.1. The maximum Gasteiger partial charge on any atom is 0.298 e. The van der Waals surface area contributed by atoms with E-state index in [4.69, 9.17) is 32.7 Å². The molecule has 1 N–H and O–H groups in total. The molecule has 1 amide bonds. The Kier molecular flexibility index (Phi) is 7.60. The van der Waals surface area contributed by atoms with Crippen molar-refractivity contribution in [3.8, 4) is 0 Å². The molecule has 1 unspecified atom stereocenters. The second-order valence-electron chi connectivity index (χ2n) is 8.31. The highest BCUT2D eigenvalue weighted by Crippen LogP contribution is 2.46. The first kappa shape index (κ1) is 25.2. The minimum absolute atomic E-state index is 0.256. The number of hydrogen-bond donors (Lipinski definition) is 1. The molecule has 0 radical (unpaired) electrons. The summed E-state index contributed by atoms with van der Waals surface area (Å²) in [6.45, 7) is 3.42. The fraction of sp³-hybridized carbons (Fsp3) is 0.231. The summed E-state index contributed by atoms with van der Waals surface area (Å²) in [5.41, 5.74) is 2.00. The summed E-state index contributed by atoms with van der Waals surface area (Å²) in [5.74, 6) is -0.0826. The summed E-state index contributed by atoms with van der Waals surface area (Å²) in [6, 6.07) is 15.3. The number of morpholine rings is 1. The van der Waals surface area contributed by atoms with Gasteiger partial charge in [-0.05, 0) is 52.2 Å². The number of hydrogen-bond acceptors (Lipinski definition) is 7. The molecular formula is C26H22Cl2N2O4S2. The van der Waals surface area contributed by atoms with Crippen molar-refractivity contribution in [2.45, 2.75) is 16.9 Å². The first-order chi connectivity index (χ1) is 17.5. The van der Waals surface area contributed by atoms with Gasteiger partial charge in [-0.1, -0.05) is 53.2 Å². The van der Waals surface area contributed by atoms with E-state index in [1.807, 2.05) is 29.0 Å². The minimum atomic E-state index is -0.902. The molecule has 0 saturated carbocycles. The Bertz CT molecular complexity index is 1290. The van der Waals surface area contributed by atoms with Crippen molar-refractivity contribution in [2.75, 3.05) is 31.2 Å². The van der Waals surface area contributed by atoms with Crippen LogP contribution in [0.5, 0.6) is 0 Å². The molecule has 36 heavy (non-hydrogen) atoms. The second-order valence-corrected chi connectivity index (χ2v) is 10.9. The lowest BCUT2D eigenvalue weighted by molar-refractivity contribution is -0.126. The highest BCUT2D eigenvalue weighted by Gasteiger charge is 2.44. The van der Waals surface area contributed by atoms with Crippen molar-refractivity contribution < 1.29 is 19.1 Å². The van der Waals surface area contributed by atoms with Crippen molar-refractivity contribution in [3.63, 3.8) is 0 Å². The lowest BCUT2D eigenvalue weighted by Crippen LogP contribution is -2.50. The summed E-state index contributed by atoms with van der Waals surface area (Å²) in [5, 5.41) is 7.90. The monoisotopic (exact) mass is 560 g/mol. The summed E-state index contributed by atoms with van der Waals surface area (Å²) in [6.07, 6.45) is 0.256. The van der Waals surface area contributed by atoms with Crippen LogP contribution in [0.1, 0.15) is 17.5 Å². The smallest absolute Gasteiger partial charge is 0.298 e. The number of benzene rings is 2. The average molecular weight is 562 g/mol. The molecule has 0 aliphatic carbocycles. The van der Waals surface area contributed by atoms with Crippen molar-refractivity contribution >= 4 is 64.4 Å². The van der Waals surface area contributed by atoms with Gasteiger partial charge in [0.25, 0.3) is 12.4 Å². The Morgan fingerprint density at radius 1 is 1.08 bits per heavy atom. The quantitative estimate of drug-likeness (QED) is 0.366. The average Bonchev–Trinajstić information content (AvgIpc) is 3.45. The van der Waals surface area contributed by atoms with Gasteiger partial charge in [0.05, 0.1) is 28.8 Å². The van der Waals surface area contributed by atoms with E-state index in [9.17, 15) is 9.59 Å². The number of anilines is 1. The van der Waals surface area contributed by atoms with Gasteiger partial charge in [-0.3, -0.25) is 9.59 Å². The molecule has 2 aromatic carbocycles. The SMILES string of the molecule is O=COC1=C(Sc2cccc(Cl)c2Cl)C(=O)NC(c2ccc(N3CCOCC3)cc2)(c2ccsc2)C1. The van der Waals surface area contributed by atoms with E-state index in [0.29, 0.717) is 34.6 Å². The zero-order valence-electron chi connectivity index (χ0n) is 19.0. The molecule has 2 aliphatic heterocycles. The fourth-order valence-corrected chi connectivity index (χ4v) is 6.62. The van der Waals surface area contributed by atoms with E-state index in [2.05, 4.69) is 22.3 Å². The predicted octanol–water partition coefficient (Wildman–Crippen LogP) is 5.83. The second kappa shape index (κ2) is 10.9. The first-order valence-corrected chi connectivity index (χ1v) is 13.8. The van der Waals surface area contributed by atoms with Crippen LogP contribution < -0.4 is 10.2 Å². The molecule has 186 valence electrons. The van der Waals surface area contributed by atoms with E-state index in [0.717, 1.165) is 41.7 Å². The predicted molar refractivity (Wildman–Crippen MR) is 144 cm³/mol. The molecule has 1 fully saturated rings. The molecule has 3 heterocycles. The third-order valence-corrected chi connectivity index (χ3v) is 9.07. The minimum Gasteiger partial charge on any atom is -0.432 e. The maximum atomic E-state index is 13.6. The number of halogens is 2. The number of ether oxygens (including phenoxy) is 2. The van der Waals surface area contributed by atoms with Crippen molar-refractivity contribution in [1.29, 1.82) is 0 Å². The number of carbonyl (C=O) groups is 2. The third-order valence-electron chi connectivity index (χ3n) is 6.28. The highest BCUT2D eigenvalue weighted by molar-refractivity contribution is 8.04. The van der Waals surface area contributed by atoms with Crippen LogP contribution in [0, 0.1) is 0 Å². The van der Waals surface area contributed by atoms with Gasteiger partial charge < -0.3 is 19.7 Å². The Labute approximate surface area is 227 Å². The largest absolute Gasteiger partial charge is 0.432 e. The Balaban J connectivity index is 1.54. The van der Waals surface area contributed by atoms with Gasteiger partial charge in [-0.15, -0.1) is 0 Å². The maximum absolute atomic E-state index is 13.6. The van der Waals surface area contributed by atoms with Crippen LogP contribution in [0.3, 0.4) is 0 Å². The molecule has 10 heteroatoms. The van der Waals surface area contributed by atoms with Gasteiger partial charge in [0, 0.05) is 30.1 Å². The van der Waals surface area contributed by atoms with Gasteiger partial charge in [-0.25, -0.2) is 0 Å². The number of rotatable bonds is 7. The Morgan fingerprint density at radius 2 is 1.86 bits per heavy atom. The number of nitrogens with one attached hydrogen (secondary N) is 1. The number of thioether (sulfide) groups is 1. The van der Waals surface area contributed by atoms with Crippen molar-refractivity contribution in [3.05, 3.63) is 91.1 Å². The summed E-state index contributed by atoms with van der Waals surface area (Å²) in [7, 11) is 0. The molecule has 1 aromatic heterocycles. The van der Waals surface area contributed by atoms with Gasteiger partial charge in [0.2, 0.25) is 0 Å². The zero-order valence-corrected chi connectivity index (χ0v) is 22.2.